The summed E-state index contributed by atoms with van der Waals surface area (Å²) in [7, 11) is 0. The highest BCUT2D eigenvalue weighted by atomic mass is 16.3. The van der Waals surface area contributed by atoms with E-state index in [1.165, 1.54) is 0 Å². The molecule has 0 aromatic carbocycles. The zero-order valence-electron chi connectivity index (χ0n) is 10.0. The molecular formula is C12H16N4O. The van der Waals surface area contributed by atoms with E-state index in [9.17, 15) is 0 Å². The van der Waals surface area contributed by atoms with Crippen molar-refractivity contribution in [1.82, 2.24) is 9.97 Å². The average Bonchev–Trinajstić information content (AvgIpc) is 2.78. The molecule has 3 N–H and O–H groups in total. The van der Waals surface area contributed by atoms with Crippen LogP contribution in [0.5, 0.6) is 0 Å². The molecule has 0 radical (unpaired) electrons. The molecule has 0 bridgehead atoms. The van der Waals surface area contributed by atoms with Crippen molar-refractivity contribution in [2.24, 2.45) is 0 Å². The Labute approximate surface area is 100 Å². The quantitative estimate of drug-likeness (QED) is 0.842. The number of furan rings is 1. The first kappa shape index (κ1) is 11.4. The average molecular weight is 232 g/mol. The number of rotatable bonds is 4. The fourth-order valence-electron chi connectivity index (χ4n) is 1.58. The lowest BCUT2D eigenvalue weighted by Crippen LogP contribution is -2.10. The molecular weight excluding hydrogens is 216 g/mol. The molecule has 90 valence electrons. The maximum Gasteiger partial charge on any atom is 0.134 e. The van der Waals surface area contributed by atoms with Gasteiger partial charge in [-0.2, -0.15) is 0 Å². The Bertz CT molecular complexity index is 493. The monoisotopic (exact) mass is 232 g/mol. The van der Waals surface area contributed by atoms with Crippen molar-refractivity contribution in [3.8, 4) is 0 Å². The van der Waals surface area contributed by atoms with Gasteiger partial charge in [0.05, 0.1) is 6.26 Å². The molecule has 0 aliphatic rings. The van der Waals surface area contributed by atoms with Crippen LogP contribution in [0.4, 0.5) is 11.6 Å². The van der Waals surface area contributed by atoms with Gasteiger partial charge >= 0.3 is 0 Å². The fourth-order valence-corrected chi connectivity index (χ4v) is 1.58. The fraction of sp³-hybridized carbons (Fsp3) is 0.333. The van der Waals surface area contributed by atoms with Gasteiger partial charge in [-0.15, -0.1) is 0 Å². The summed E-state index contributed by atoms with van der Waals surface area (Å²) in [4.78, 5) is 8.42. The highest BCUT2D eigenvalue weighted by molar-refractivity contribution is 5.54. The summed E-state index contributed by atoms with van der Waals surface area (Å²) >= 11 is 0. The first-order valence-corrected chi connectivity index (χ1v) is 5.54. The number of nitrogen functional groups attached to an aromatic ring is 1. The normalized spacial score (nSPS) is 10.5. The lowest BCUT2D eigenvalue weighted by Gasteiger charge is -2.10. The van der Waals surface area contributed by atoms with E-state index in [4.69, 9.17) is 10.2 Å². The van der Waals surface area contributed by atoms with Crippen LogP contribution in [0.15, 0.2) is 22.8 Å². The molecule has 0 atom stereocenters. The Morgan fingerprint density at radius 1 is 1.35 bits per heavy atom. The van der Waals surface area contributed by atoms with Crippen molar-refractivity contribution in [1.29, 1.82) is 0 Å². The zero-order valence-corrected chi connectivity index (χ0v) is 10.0. The summed E-state index contributed by atoms with van der Waals surface area (Å²) in [6, 6.07) is 3.83. The van der Waals surface area contributed by atoms with E-state index in [-0.39, 0.29) is 0 Å². The van der Waals surface area contributed by atoms with Crippen LogP contribution in [0.2, 0.25) is 0 Å². The van der Waals surface area contributed by atoms with E-state index in [1.807, 2.05) is 26.0 Å². The summed E-state index contributed by atoms with van der Waals surface area (Å²) in [5.41, 5.74) is 6.66. The topological polar surface area (TPSA) is 77.0 Å². The van der Waals surface area contributed by atoms with Crippen LogP contribution < -0.4 is 11.1 Å². The highest BCUT2D eigenvalue weighted by Gasteiger charge is 2.06. The summed E-state index contributed by atoms with van der Waals surface area (Å²) in [6.45, 7) is 4.49. The smallest absolute Gasteiger partial charge is 0.134 e. The van der Waals surface area contributed by atoms with Crippen LogP contribution >= 0.6 is 0 Å². The second-order valence-corrected chi connectivity index (χ2v) is 3.89. The van der Waals surface area contributed by atoms with Crippen molar-refractivity contribution >= 4 is 11.6 Å². The van der Waals surface area contributed by atoms with Crippen LogP contribution in [0.1, 0.15) is 17.1 Å². The van der Waals surface area contributed by atoms with E-state index >= 15 is 0 Å². The van der Waals surface area contributed by atoms with Crippen molar-refractivity contribution in [2.75, 3.05) is 17.6 Å². The van der Waals surface area contributed by atoms with Crippen molar-refractivity contribution in [3.05, 3.63) is 35.5 Å². The minimum absolute atomic E-state index is 0.526. The standard InChI is InChI=1S/C12H16N4O/c1-8-11(13)15-9(2)16-12(8)14-6-5-10-4-3-7-17-10/h3-4,7H,5-6H2,1-2H3,(H3,13,14,15,16). The molecule has 2 aromatic heterocycles. The second-order valence-electron chi connectivity index (χ2n) is 3.89. The molecule has 2 rings (SSSR count). The van der Waals surface area contributed by atoms with Crippen LogP contribution in [-0.2, 0) is 6.42 Å². The van der Waals surface area contributed by atoms with Gasteiger partial charge in [-0.1, -0.05) is 0 Å². The van der Waals surface area contributed by atoms with Gasteiger partial charge in [-0.05, 0) is 26.0 Å². The highest BCUT2D eigenvalue weighted by Crippen LogP contribution is 2.16. The maximum atomic E-state index is 5.78. The van der Waals surface area contributed by atoms with Crippen molar-refractivity contribution in [2.45, 2.75) is 20.3 Å². The van der Waals surface area contributed by atoms with E-state index in [2.05, 4.69) is 15.3 Å². The predicted octanol–water partition coefficient (Wildman–Crippen LogP) is 1.92. The number of nitrogens with one attached hydrogen (secondary N) is 1. The first-order valence-electron chi connectivity index (χ1n) is 5.54. The Morgan fingerprint density at radius 3 is 2.88 bits per heavy atom. The van der Waals surface area contributed by atoms with E-state index in [0.29, 0.717) is 11.6 Å². The Hall–Kier alpha value is -2.04. The van der Waals surface area contributed by atoms with Crippen LogP contribution in [0, 0.1) is 13.8 Å². The number of anilines is 2. The van der Waals surface area contributed by atoms with Gasteiger partial charge in [0.15, 0.2) is 0 Å². The Balaban J connectivity index is 1.99. The predicted molar refractivity (Wildman–Crippen MR) is 66.8 cm³/mol. The Kier molecular flexibility index (Phi) is 3.27. The van der Waals surface area contributed by atoms with Gasteiger partial charge in [0.2, 0.25) is 0 Å². The van der Waals surface area contributed by atoms with Crippen molar-refractivity contribution in [3.63, 3.8) is 0 Å². The summed E-state index contributed by atoms with van der Waals surface area (Å²) < 4.78 is 5.25. The summed E-state index contributed by atoms with van der Waals surface area (Å²) in [5.74, 6) is 2.95. The van der Waals surface area contributed by atoms with Gasteiger partial charge in [-0.3, -0.25) is 0 Å². The van der Waals surface area contributed by atoms with Crippen LogP contribution in [0.25, 0.3) is 0 Å². The molecule has 17 heavy (non-hydrogen) atoms. The molecule has 0 saturated carbocycles. The van der Waals surface area contributed by atoms with Gasteiger partial charge < -0.3 is 15.5 Å². The molecule has 0 aliphatic carbocycles. The van der Waals surface area contributed by atoms with Crippen LogP contribution in [-0.4, -0.2) is 16.5 Å². The molecule has 5 nitrogen and oxygen atoms in total. The maximum absolute atomic E-state index is 5.78. The molecule has 0 spiro atoms. The number of hydrogen-bond acceptors (Lipinski definition) is 5. The Morgan fingerprint density at radius 2 is 2.18 bits per heavy atom. The molecule has 0 aliphatic heterocycles. The lowest BCUT2D eigenvalue weighted by atomic mass is 10.3. The van der Waals surface area contributed by atoms with E-state index in [0.717, 1.165) is 30.1 Å². The van der Waals surface area contributed by atoms with Gasteiger partial charge in [0, 0.05) is 18.5 Å². The van der Waals surface area contributed by atoms with Crippen molar-refractivity contribution < 1.29 is 4.42 Å². The second kappa shape index (κ2) is 4.86. The SMILES string of the molecule is Cc1nc(N)c(C)c(NCCc2ccco2)n1. The molecule has 0 fully saturated rings. The minimum Gasteiger partial charge on any atom is -0.469 e. The van der Waals surface area contributed by atoms with Crippen LogP contribution in [0.3, 0.4) is 0 Å². The number of nitrogens with zero attached hydrogens (tertiary/aromatic N) is 2. The third kappa shape index (κ3) is 2.75. The van der Waals surface area contributed by atoms with Gasteiger partial charge in [0.1, 0.15) is 23.2 Å². The number of nitrogens with two attached hydrogens (primary N) is 1. The molecule has 5 heteroatoms. The van der Waals surface area contributed by atoms with E-state index in [1.54, 1.807) is 6.26 Å². The molecule has 0 amide bonds. The number of aromatic nitrogens is 2. The number of aryl methyl sites for hydroxylation is 1. The molecule has 2 heterocycles. The van der Waals surface area contributed by atoms with Gasteiger partial charge in [0.25, 0.3) is 0 Å². The molecule has 0 unspecified atom stereocenters. The van der Waals surface area contributed by atoms with Gasteiger partial charge in [-0.25, -0.2) is 9.97 Å². The largest absolute Gasteiger partial charge is 0.469 e. The third-order valence-corrected chi connectivity index (χ3v) is 2.54. The number of hydrogen-bond donors (Lipinski definition) is 2. The third-order valence-electron chi connectivity index (χ3n) is 2.54. The molecule has 2 aromatic rings. The zero-order chi connectivity index (χ0) is 12.3. The summed E-state index contributed by atoms with van der Waals surface area (Å²) in [6.07, 6.45) is 2.49. The minimum atomic E-state index is 0.526. The summed E-state index contributed by atoms with van der Waals surface area (Å²) in [5, 5.41) is 3.24. The molecule has 0 saturated heterocycles. The first-order chi connectivity index (χ1) is 8.16. The van der Waals surface area contributed by atoms with E-state index < -0.39 is 0 Å². The lowest BCUT2D eigenvalue weighted by molar-refractivity contribution is 0.513.